The van der Waals surface area contributed by atoms with Crippen molar-refractivity contribution in [3.8, 4) is 0 Å². The Morgan fingerprint density at radius 3 is 0.824 bits per heavy atom. The van der Waals surface area contributed by atoms with Crippen molar-refractivity contribution in [3.05, 3.63) is 144 Å². The standard InChI is InChI=1S/C29H30P2.2ClH.Pt/c1-5-13-26(14-6-1)21-30(22-27-15-7-2-8-16-27)25-31(23-28-17-9-3-10-18-28)24-29-19-11-4-12-20-29;;;/h1-20H,21-25H2;2*1H;/q;;;+2. The van der Waals surface area contributed by atoms with E-state index in [1.807, 2.05) is 0 Å². The molecule has 0 N–H and O–H groups in total. The van der Waals surface area contributed by atoms with Crippen molar-refractivity contribution in [1.82, 2.24) is 0 Å². The number of benzene rings is 4. The van der Waals surface area contributed by atoms with Crippen LogP contribution < -0.4 is 0 Å². The Labute approximate surface area is 224 Å². The van der Waals surface area contributed by atoms with E-state index in [0.717, 1.165) is 0 Å². The average Bonchev–Trinajstić information content (AvgIpc) is 2.87. The summed E-state index contributed by atoms with van der Waals surface area (Å²) in [4.78, 5) is 0. The fourth-order valence-corrected chi connectivity index (χ4v) is 12.6. The van der Waals surface area contributed by atoms with E-state index in [-0.39, 0.29) is 0 Å². The summed E-state index contributed by atoms with van der Waals surface area (Å²) >= 11 is -0.472. The van der Waals surface area contributed by atoms with Gasteiger partial charge >= 0.3 is 35.3 Å². The van der Waals surface area contributed by atoms with Gasteiger partial charge in [-0.05, 0) is 22.3 Å². The van der Waals surface area contributed by atoms with E-state index in [0.29, 0.717) is 0 Å². The Bertz CT molecular complexity index is 867. The molecular formula is C29H32Cl2P2Pt+2. The fraction of sp³-hybridized carbons (Fsp3) is 0.172. The topological polar surface area (TPSA) is 0 Å². The molecular weight excluding hydrogens is 676 g/mol. The molecule has 5 heteroatoms. The first-order valence-corrected chi connectivity index (χ1v) is 21.3. The van der Waals surface area contributed by atoms with Crippen LogP contribution in [0, 0.1) is 0 Å². The van der Waals surface area contributed by atoms with Gasteiger partial charge in [0.15, 0.2) is 5.90 Å². The minimum Gasteiger partial charge on any atom is -0.0622 e. The zero-order valence-electron chi connectivity index (χ0n) is 19.2. The van der Waals surface area contributed by atoms with Crippen LogP contribution in [-0.2, 0) is 41.1 Å². The number of halogens is 2. The van der Waals surface area contributed by atoms with Crippen LogP contribution in [0.3, 0.4) is 0 Å². The molecule has 0 heterocycles. The fourth-order valence-electron chi connectivity index (χ4n) is 4.27. The third-order valence-electron chi connectivity index (χ3n) is 5.69. The van der Waals surface area contributed by atoms with Crippen LogP contribution in [0.5, 0.6) is 0 Å². The zero-order valence-corrected chi connectivity index (χ0v) is 24.9. The van der Waals surface area contributed by atoms with Gasteiger partial charge in [-0.15, -0.1) is 0 Å². The molecule has 0 saturated carbocycles. The van der Waals surface area contributed by atoms with Crippen LogP contribution in [0.1, 0.15) is 22.3 Å². The van der Waals surface area contributed by atoms with Gasteiger partial charge in [0.25, 0.3) is 0 Å². The van der Waals surface area contributed by atoms with Gasteiger partial charge in [-0.2, -0.15) is 0 Å². The molecule has 0 bridgehead atoms. The summed E-state index contributed by atoms with van der Waals surface area (Å²) in [6.07, 6.45) is 5.05. The minimum atomic E-state index is -0.541. The Kier molecular flexibility index (Phi) is 13.5. The van der Waals surface area contributed by atoms with Gasteiger partial charge < -0.3 is 0 Å². The third-order valence-corrected chi connectivity index (χ3v) is 13.3. The van der Waals surface area contributed by atoms with Crippen molar-refractivity contribution in [2.45, 2.75) is 24.6 Å². The summed E-state index contributed by atoms with van der Waals surface area (Å²) in [5.41, 5.74) is 6.03. The van der Waals surface area contributed by atoms with E-state index in [9.17, 15) is 0 Å². The molecule has 0 amide bonds. The molecule has 0 spiro atoms. The Morgan fingerprint density at radius 2 is 0.618 bits per heavy atom. The van der Waals surface area contributed by atoms with Crippen LogP contribution in [0.15, 0.2) is 121 Å². The SMILES string of the molecule is [Cl][Pt][Cl].c1ccc(C[PH+](Cc2ccccc2)C[PH+](Cc2ccccc2)Cc2ccccc2)cc1. The van der Waals surface area contributed by atoms with Crippen molar-refractivity contribution < 1.29 is 16.5 Å². The Morgan fingerprint density at radius 1 is 0.412 bits per heavy atom. The summed E-state index contributed by atoms with van der Waals surface area (Å²) in [5, 5.41) is 0. The maximum absolute atomic E-state index is 4.88. The number of hydrogen-bond donors (Lipinski definition) is 0. The van der Waals surface area contributed by atoms with E-state index in [1.165, 1.54) is 52.8 Å². The zero-order chi connectivity index (χ0) is 23.8. The average molecular weight is 709 g/mol. The van der Waals surface area contributed by atoms with Crippen LogP contribution in [0.25, 0.3) is 0 Å². The van der Waals surface area contributed by atoms with Gasteiger partial charge in [0.2, 0.25) is 0 Å². The van der Waals surface area contributed by atoms with E-state index in [1.54, 1.807) is 0 Å². The molecule has 0 nitrogen and oxygen atoms in total. The number of hydrogen-bond acceptors (Lipinski definition) is 0. The van der Waals surface area contributed by atoms with Gasteiger partial charge in [-0.25, -0.2) is 0 Å². The molecule has 0 radical (unpaired) electrons. The molecule has 34 heavy (non-hydrogen) atoms. The van der Waals surface area contributed by atoms with Crippen LogP contribution in [0.4, 0.5) is 0 Å². The monoisotopic (exact) mass is 707 g/mol. The van der Waals surface area contributed by atoms with Crippen molar-refractivity contribution in [3.63, 3.8) is 0 Å². The van der Waals surface area contributed by atoms with Crippen molar-refractivity contribution in [2.75, 3.05) is 5.90 Å². The van der Waals surface area contributed by atoms with Crippen molar-refractivity contribution in [2.24, 2.45) is 0 Å². The van der Waals surface area contributed by atoms with Gasteiger partial charge in [0.05, 0.1) is 24.6 Å². The predicted octanol–water partition coefficient (Wildman–Crippen LogP) is 9.55. The minimum absolute atomic E-state index is 0.472. The molecule has 4 rings (SSSR count). The van der Waals surface area contributed by atoms with E-state index < -0.39 is 32.3 Å². The second-order valence-electron chi connectivity index (χ2n) is 8.37. The summed E-state index contributed by atoms with van der Waals surface area (Å²) in [5.74, 6) is 1.43. The van der Waals surface area contributed by atoms with Gasteiger partial charge in [-0.3, -0.25) is 0 Å². The van der Waals surface area contributed by atoms with Crippen molar-refractivity contribution >= 4 is 34.7 Å². The molecule has 0 unspecified atom stereocenters. The quantitative estimate of drug-likeness (QED) is 0.144. The number of rotatable bonds is 10. The summed E-state index contributed by atoms with van der Waals surface area (Å²) < 4.78 is 0. The first-order valence-electron chi connectivity index (χ1n) is 11.4. The first kappa shape index (κ1) is 27.6. The Balaban J connectivity index is 0.00000103. The molecule has 0 saturated heterocycles. The molecule has 0 aliphatic rings. The molecule has 180 valence electrons. The maximum atomic E-state index is 4.88. The smallest absolute Gasteiger partial charge is 0.0622 e. The first-order chi connectivity index (χ1) is 16.8. The van der Waals surface area contributed by atoms with Gasteiger partial charge in [0.1, 0.15) is 0 Å². The van der Waals surface area contributed by atoms with E-state index >= 15 is 0 Å². The molecule has 0 aliphatic carbocycles. The molecule has 0 aliphatic heterocycles. The van der Waals surface area contributed by atoms with E-state index in [4.69, 9.17) is 18.8 Å². The largest absolute Gasteiger partial charge is 0.156 e. The summed E-state index contributed by atoms with van der Waals surface area (Å²) in [7, 11) is 8.67. The van der Waals surface area contributed by atoms with Crippen molar-refractivity contribution in [1.29, 1.82) is 0 Å². The van der Waals surface area contributed by atoms with E-state index in [2.05, 4.69) is 121 Å². The second-order valence-corrected chi connectivity index (χ2v) is 17.5. The van der Waals surface area contributed by atoms with Crippen LogP contribution in [0.2, 0.25) is 0 Å². The van der Waals surface area contributed by atoms with Crippen LogP contribution >= 0.6 is 34.7 Å². The van der Waals surface area contributed by atoms with Gasteiger partial charge in [-0.1, -0.05) is 121 Å². The maximum Gasteiger partial charge on any atom is 0.156 e. The molecule has 0 aromatic heterocycles. The van der Waals surface area contributed by atoms with Gasteiger partial charge in [0, 0.05) is 15.8 Å². The normalized spacial score (nSPS) is 10.8. The second kappa shape index (κ2) is 16.6. The third kappa shape index (κ3) is 10.7. The molecule has 0 fully saturated rings. The Hall–Kier alpha value is -0.992. The molecule has 4 aromatic rings. The summed E-state index contributed by atoms with van der Waals surface area (Å²) in [6.45, 7) is 0. The molecule has 4 aromatic carbocycles. The molecule has 0 atom stereocenters. The predicted molar refractivity (Wildman–Crippen MR) is 154 cm³/mol. The summed E-state index contributed by atoms with van der Waals surface area (Å²) in [6, 6.07) is 44.6. The van der Waals surface area contributed by atoms with Crippen LogP contribution in [-0.4, -0.2) is 5.90 Å².